The molecular formula is C24H25Cl2N3O3. The Morgan fingerprint density at radius 3 is 2.19 bits per heavy atom. The third-order valence-electron chi connectivity index (χ3n) is 5.48. The van der Waals surface area contributed by atoms with Gasteiger partial charge in [0.15, 0.2) is 5.75 Å². The number of nitriles is 1. The van der Waals surface area contributed by atoms with Crippen LogP contribution in [0, 0.1) is 11.3 Å². The molecule has 32 heavy (non-hydrogen) atoms. The Balaban J connectivity index is 1.82. The number of phenolic OH excluding ortho intramolecular Hbond substituents is 1. The minimum Gasteiger partial charge on any atom is -0.505 e. The predicted octanol–water partition coefficient (Wildman–Crippen LogP) is 4.51. The van der Waals surface area contributed by atoms with Gasteiger partial charge < -0.3 is 15.7 Å². The molecule has 0 radical (unpaired) electrons. The number of benzene rings is 2. The number of nitrogens with one attached hydrogen (secondary N) is 2. The summed E-state index contributed by atoms with van der Waals surface area (Å²) in [4.78, 5) is 25.9. The second-order valence-corrected chi connectivity index (χ2v) is 9.96. The van der Waals surface area contributed by atoms with Gasteiger partial charge in [0.05, 0.1) is 16.1 Å². The SMILES string of the molecule is CC(C)(C)c1ccc(C(=O)N[C@@H](Cc2cc(Cl)c(O)c(Cl)c2)C(=O)NC2(C#N)CC2)cc1. The number of carbonyl (C=O) groups is 2. The molecule has 2 amide bonds. The molecular weight excluding hydrogens is 449 g/mol. The largest absolute Gasteiger partial charge is 0.505 e. The molecule has 0 heterocycles. The van der Waals surface area contributed by atoms with Crippen LogP contribution in [0.4, 0.5) is 0 Å². The number of nitrogens with zero attached hydrogens (tertiary/aromatic N) is 1. The van der Waals surface area contributed by atoms with Crippen molar-refractivity contribution < 1.29 is 14.7 Å². The summed E-state index contributed by atoms with van der Waals surface area (Å²) in [5, 5.41) is 24.7. The number of phenols is 1. The number of hydrogen-bond acceptors (Lipinski definition) is 4. The summed E-state index contributed by atoms with van der Waals surface area (Å²) in [6, 6.07) is 11.3. The summed E-state index contributed by atoms with van der Waals surface area (Å²) >= 11 is 12.0. The van der Waals surface area contributed by atoms with E-state index in [1.165, 1.54) is 12.1 Å². The number of rotatable bonds is 6. The molecule has 0 bridgehead atoms. The minimum absolute atomic E-state index is 0.0476. The predicted molar refractivity (Wildman–Crippen MR) is 124 cm³/mol. The minimum atomic E-state index is -0.965. The van der Waals surface area contributed by atoms with Crippen molar-refractivity contribution in [3.63, 3.8) is 0 Å². The molecule has 2 aromatic rings. The Bertz CT molecular complexity index is 1060. The fourth-order valence-corrected chi connectivity index (χ4v) is 3.79. The first-order chi connectivity index (χ1) is 14.9. The maximum absolute atomic E-state index is 13.0. The van der Waals surface area contributed by atoms with Crippen molar-refractivity contribution in [2.45, 2.75) is 57.0 Å². The highest BCUT2D eigenvalue weighted by atomic mass is 35.5. The van der Waals surface area contributed by atoms with Crippen molar-refractivity contribution in [2.75, 3.05) is 0 Å². The summed E-state index contributed by atoms with van der Waals surface area (Å²) in [7, 11) is 0. The number of aromatic hydroxyl groups is 1. The summed E-state index contributed by atoms with van der Waals surface area (Å²) in [6.07, 6.45) is 1.22. The fourth-order valence-electron chi connectivity index (χ4n) is 3.26. The molecule has 2 aromatic carbocycles. The maximum atomic E-state index is 13.0. The van der Waals surface area contributed by atoms with Crippen LogP contribution in [-0.4, -0.2) is 28.5 Å². The molecule has 8 heteroatoms. The van der Waals surface area contributed by atoms with E-state index in [2.05, 4.69) is 37.5 Å². The lowest BCUT2D eigenvalue weighted by atomic mass is 9.86. The Morgan fingerprint density at radius 2 is 1.72 bits per heavy atom. The highest BCUT2D eigenvalue weighted by Crippen LogP contribution is 2.35. The quantitative estimate of drug-likeness (QED) is 0.573. The zero-order valence-corrected chi connectivity index (χ0v) is 19.6. The van der Waals surface area contributed by atoms with Gasteiger partial charge in [0.2, 0.25) is 5.91 Å². The van der Waals surface area contributed by atoms with Gasteiger partial charge in [-0.15, -0.1) is 0 Å². The molecule has 0 aromatic heterocycles. The van der Waals surface area contributed by atoms with Crippen molar-refractivity contribution in [3.8, 4) is 11.8 Å². The molecule has 0 spiro atoms. The Kier molecular flexibility index (Phi) is 6.73. The fraction of sp³-hybridized carbons (Fsp3) is 0.375. The average Bonchev–Trinajstić information content (AvgIpc) is 3.50. The average molecular weight is 474 g/mol. The number of halogens is 2. The number of carbonyl (C=O) groups excluding carboxylic acids is 2. The third-order valence-corrected chi connectivity index (χ3v) is 6.05. The van der Waals surface area contributed by atoms with Gasteiger partial charge in [-0.05, 0) is 53.6 Å². The van der Waals surface area contributed by atoms with Crippen LogP contribution >= 0.6 is 23.2 Å². The van der Waals surface area contributed by atoms with Crippen LogP contribution in [0.15, 0.2) is 36.4 Å². The summed E-state index contributed by atoms with van der Waals surface area (Å²) in [6.45, 7) is 6.25. The van der Waals surface area contributed by atoms with Gasteiger partial charge in [0.25, 0.3) is 5.91 Å². The van der Waals surface area contributed by atoms with Gasteiger partial charge in [-0.1, -0.05) is 56.1 Å². The standard InChI is InChI=1S/C24H25Cl2N3O3/c1-23(2,3)16-6-4-15(5-7-16)21(31)28-19(22(32)29-24(13-27)8-9-24)12-14-10-17(25)20(30)18(26)11-14/h4-7,10-11,19,30H,8-9,12H2,1-3H3,(H,28,31)(H,29,32)/t19-/m0/s1. The maximum Gasteiger partial charge on any atom is 0.251 e. The van der Waals surface area contributed by atoms with Crippen LogP contribution in [0.1, 0.15) is 55.1 Å². The van der Waals surface area contributed by atoms with Crippen molar-refractivity contribution in [1.82, 2.24) is 10.6 Å². The molecule has 0 saturated heterocycles. The van der Waals surface area contributed by atoms with Crippen molar-refractivity contribution in [1.29, 1.82) is 5.26 Å². The van der Waals surface area contributed by atoms with E-state index >= 15 is 0 Å². The van der Waals surface area contributed by atoms with E-state index in [-0.39, 0.29) is 27.6 Å². The number of amides is 2. The van der Waals surface area contributed by atoms with E-state index in [0.717, 1.165) is 5.56 Å². The lowest BCUT2D eigenvalue weighted by Crippen LogP contribution is -2.51. The molecule has 1 fully saturated rings. The molecule has 1 atom stereocenters. The Morgan fingerprint density at radius 1 is 1.16 bits per heavy atom. The highest BCUT2D eigenvalue weighted by Gasteiger charge is 2.45. The van der Waals surface area contributed by atoms with Gasteiger partial charge in [-0.25, -0.2) is 0 Å². The van der Waals surface area contributed by atoms with Crippen LogP contribution in [-0.2, 0) is 16.6 Å². The van der Waals surface area contributed by atoms with Gasteiger partial charge in [-0.3, -0.25) is 9.59 Å². The van der Waals surface area contributed by atoms with Crippen molar-refractivity contribution in [3.05, 3.63) is 63.1 Å². The van der Waals surface area contributed by atoms with E-state index < -0.39 is 23.4 Å². The van der Waals surface area contributed by atoms with Crippen LogP contribution < -0.4 is 10.6 Å². The lowest BCUT2D eigenvalue weighted by molar-refractivity contribution is -0.123. The first kappa shape index (κ1) is 23.9. The molecule has 3 rings (SSSR count). The van der Waals surface area contributed by atoms with E-state index in [9.17, 15) is 20.0 Å². The summed E-state index contributed by atoms with van der Waals surface area (Å²) in [5.74, 6) is -1.13. The molecule has 1 aliphatic carbocycles. The molecule has 6 nitrogen and oxygen atoms in total. The molecule has 168 valence electrons. The summed E-state index contributed by atoms with van der Waals surface area (Å²) < 4.78 is 0. The van der Waals surface area contributed by atoms with E-state index in [1.807, 2.05) is 12.1 Å². The molecule has 1 aliphatic rings. The van der Waals surface area contributed by atoms with Gasteiger partial charge in [0.1, 0.15) is 11.6 Å². The summed E-state index contributed by atoms with van der Waals surface area (Å²) in [5.41, 5.74) is 1.13. The van der Waals surface area contributed by atoms with Crippen molar-refractivity contribution >= 4 is 35.0 Å². The second kappa shape index (κ2) is 9.01. The first-order valence-electron chi connectivity index (χ1n) is 10.3. The zero-order valence-electron chi connectivity index (χ0n) is 18.1. The van der Waals surface area contributed by atoms with Crippen LogP contribution in [0.3, 0.4) is 0 Å². The lowest BCUT2D eigenvalue weighted by Gasteiger charge is -2.22. The van der Waals surface area contributed by atoms with E-state index in [0.29, 0.717) is 24.0 Å². The first-order valence-corrected chi connectivity index (χ1v) is 11.0. The van der Waals surface area contributed by atoms with Gasteiger partial charge in [-0.2, -0.15) is 5.26 Å². The van der Waals surface area contributed by atoms with Crippen LogP contribution in [0.25, 0.3) is 0 Å². The van der Waals surface area contributed by atoms with E-state index in [4.69, 9.17) is 23.2 Å². The Hall–Kier alpha value is -2.75. The molecule has 0 aliphatic heterocycles. The normalized spacial score (nSPS) is 15.4. The molecule has 3 N–H and O–H groups in total. The second-order valence-electron chi connectivity index (χ2n) is 9.15. The number of hydrogen-bond donors (Lipinski definition) is 3. The molecule has 0 unspecified atom stereocenters. The van der Waals surface area contributed by atoms with Gasteiger partial charge in [0, 0.05) is 12.0 Å². The Labute approximate surface area is 197 Å². The van der Waals surface area contributed by atoms with E-state index in [1.54, 1.807) is 12.1 Å². The molecule has 1 saturated carbocycles. The van der Waals surface area contributed by atoms with Crippen molar-refractivity contribution in [2.24, 2.45) is 0 Å². The van der Waals surface area contributed by atoms with Crippen LogP contribution in [0.2, 0.25) is 10.0 Å². The third kappa shape index (κ3) is 5.53. The van der Waals surface area contributed by atoms with Gasteiger partial charge >= 0.3 is 0 Å². The smallest absolute Gasteiger partial charge is 0.251 e. The zero-order chi connectivity index (χ0) is 23.7. The highest BCUT2D eigenvalue weighted by molar-refractivity contribution is 6.37. The van der Waals surface area contributed by atoms with Crippen LogP contribution in [0.5, 0.6) is 5.75 Å². The topological polar surface area (TPSA) is 102 Å². The monoisotopic (exact) mass is 473 g/mol.